The van der Waals surface area contributed by atoms with Crippen molar-refractivity contribution in [1.29, 1.82) is 0 Å². The minimum atomic E-state index is 0.353. The highest BCUT2D eigenvalue weighted by Crippen LogP contribution is 2.36. The Morgan fingerprint density at radius 1 is 0.800 bits per heavy atom. The molecule has 2 atom stereocenters. The summed E-state index contributed by atoms with van der Waals surface area (Å²) < 4.78 is 0. The molecule has 0 bridgehead atoms. The van der Waals surface area contributed by atoms with Gasteiger partial charge in [0.25, 0.3) is 0 Å². The topological polar surface area (TPSA) is 0 Å². The van der Waals surface area contributed by atoms with Crippen LogP contribution in [0.5, 0.6) is 0 Å². The third-order valence-corrected chi connectivity index (χ3v) is 6.16. The van der Waals surface area contributed by atoms with Crippen LogP contribution in [0.2, 0.25) is 0 Å². The second-order valence-electron chi connectivity index (χ2n) is 8.62. The number of hydrogen-bond donors (Lipinski definition) is 0. The zero-order valence-corrected chi connectivity index (χ0v) is 18.0. The molecule has 0 N–H and O–H groups in total. The van der Waals surface area contributed by atoms with Crippen LogP contribution < -0.4 is 0 Å². The largest absolute Gasteiger partial charge is 0.123 e. The van der Waals surface area contributed by atoms with Crippen LogP contribution in [0.25, 0.3) is 0 Å². The molecule has 0 fully saturated rings. The van der Waals surface area contributed by atoms with Gasteiger partial charge in [0.05, 0.1) is 0 Å². The number of unbranched alkanes of at least 4 members (excludes halogenated alkanes) is 7. The third-order valence-electron chi connectivity index (χ3n) is 5.94. The smallest absolute Gasteiger partial charge is 0.0307 e. The predicted molar refractivity (Wildman–Crippen MR) is 115 cm³/mol. The van der Waals surface area contributed by atoms with E-state index in [4.69, 9.17) is 11.6 Å². The lowest BCUT2D eigenvalue weighted by molar-refractivity contribution is 0.190. The van der Waals surface area contributed by atoms with Gasteiger partial charge in [-0.2, -0.15) is 0 Å². The first-order chi connectivity index (χ1) is 11.9. The van der Waals surface area contributed by atoms with Gasteiger partial charge in [-0.1, -0.05) is 102 Å². The second kappa shape index (κ2) is 12.8. The van der Waals surface area contributed by atoms with Gasteiger partial charge in [0, 0.05) is 5.38 Å². The molecule has 0 saturated heterocycles. The van der Waals surface area contributed by atoms with E-state index in [0.717, 1.165) is 5.92 Å². The van der Waals surface area contributed by atoms with Crippen LogP contribution in [-0.2, 0) is 6.42 Å². The van der Waals surface area contributed by atoms with Gasteiger partial charge in [0.1, 0.15) is 0 Å². The van der Waals surface area contributed by atoms with Crippen molar-refractivity contribution in [3.05, 3.63) is 35.9 Å². The Hall–Kier alpha value is -0.490. The highest BCUT2D eigenvalue weighted by Gasteiger charge is 2.27. The van der Waals surface area contributed by atoms with Gasteiger partial charge in [-0.15, -0.1) is 11.6 Å². The molecule has 1 heteroatoms. The maximum Gasteiger partial charge on any atom is 0.0307 e. The SMILES string of the molecule is CC(Cl)CCCCCCCCCCC(C)(Cc1ccccc1)C(C)C. The Bertz CT molecular complexity index is 423. The van der Waals surface area contributed by atoms with Crippen molar-refractivity contribution >= 4 is 11.6 Å². The molecule has 0 nitrogen and oxygen atoms in total. The maximum absolute atomic E-state index is 5.99. The average Bonchev–Trinajstić information content (AvgIpc) is 2.57. The van der Waals surface area contributed by atoms with E-state index in [0.29, 0.717) is 10.8 Å². The molecule has 0 aliphatic carbocycles. The molecule has 0 amide bonds. The molecule has 144 valence electrons. The number of hydrogen-bond acceptors (Lipinski definition) is 0. The summed E-state index contributed by atoms with van der Waals surface area (Å²) in [6, 6.07) is 11.0. The molecule has 0 spiro atoms. The molecule has 0 aromatic heterocycles. The van der Waals surface area contributed by atoms with Crippen molar-refractivity contribution in [2.24, 2.45) is 11.3 Å². The van der Waals surface area contributed by atoms with E-state index >= 15 is 0 Å². The number of rotatable bonds is 14. The molecule has 2 unspecified atom stereocenters. The highest BCUT2D eigenvalue weighted by atomic mass is 35.5. The lowest BCUT2D eigenvalue weighted by Gasteiger charge is -2.34. The third kappa shape index (κ3) is 10.3. The standard InChI is InChI=1S/C24H41Cl/c1-21(2)24(4,20-23-17-13-11-14-18-23)19-15-10-8-6-5-7-9-12-16-22(3)25/h11,13-14,17-18,21-22H,5-10,12,15-16,19-20H2,1-4H3. The van der Waals surface area contributed by atoms with E-state index in [2.05, 4.69) is 58.0 Å². The normalized spacial score (nSPS) is 15.3. The lowest BCUT2D eigenvalue weighted by atomic mass is 9.71. The summed E-state index contributed by atoms with van der Waals surface area (Å²) in [4.78, 5) is 0. The van der Waals surface area contributed by atoms with Crippen LogP contribution in [0.15, 0.2) is 30.3 Å². The van der Waals surface area contributed by atoms with E-state index in [-0.39, 0.29) is 0 Å². The van der Waals surface area contributed by atoms with Gasteiger partial charge in [-0.05, 0) is 43.1 Å². The fourth-order valence-corrected chi connectivity index (χ4v) is 3.81. The van der Waals surface area contributed by atoms with Crippen LogP contribution in [0.1, 0.15) is 97.5 Å². The minimum Gasteiger partial charge on any atom is -0.123 e. The summed E-state index contributed by atoms with van der Waals surface area (Å²) in [7, 11) is 0. The summed E-state index contributed by atoms with van der Waals surface area (Å²) >= 11 is 5.99. The Labute approximate surface area is 162 Å². The molecule has 1 rings (SSSR count). The summed E-state index contributed by atoms with van der Waals surface area (Å²) in [5.41, 5.74) is 1.92. The van der Waals surface area contributed by atoms with E-state index in [1.807, 2.05) is 0 Å². The van der Waals surface area contributed by atoms with E-state index in [1.54, 1.807) is 0 Å². The monoisotopic (exact) mass is 364 g/mol. The highest BCUT2D eigenvalue weighted by molar-refractivity contribution is 6.20. The summed E-state index contributed by atoms with van der Waals surface area (Å²) in [6.45, 7) is 9.38. The van der Waals surface area contributed by atoms with E-state index in [9.17, 15) is 0 Å². The molecular weight excluding hydrogens is 324 g/mol. The van der Waals surface area contributed by atoms with E-state index < -0.39 is 0 Å². The molecular formula is C24H41Cl. The number of halogens is 1. The Balaban J connectivity index is 2.15. The molecule has 0 heterocycles. The first-order valence-electron chi connectivity index (χ1n) is 10.6. The quantitative estimate of drug-likeness (QED) is 0.229. The fourth-order valence-electron chi connectivity index (χ4n) is 3.66. The molecule has 1 aromatic rings. The maximum atomic E-state index is 5.99. The van der Waals surface area contributed by atoms with Crippen LogP contribution in [0.4, 0.5) is 0 Å². The van der Waals surface area contributed by atoms with Gasteiger partial charge >= 0.3 is 0 Å². The van der Waals surface area contributed by atoms with Crippen LogP contribution in [0.3, 0.4) is 0 Å². The summed E-state index contributed by atoms with van der Waals surface area (Å²) in [5, 5.41) is 0.353. The molecule has 1 aromatic carbocycles. The Kier molecular flexibility index (Phi) is 11.5. The fraction of sp³-hybridized carbons (Fsp3) is 0.750. The van der Waals surface area contributed by atoms with Gasteiger partial charge in [0.2, 0.25) is 0 Å². The molecule has 25 heavy (non-hydrogen) atoms. The van der Waals surface area contributed by atoms with Gasteiger partial charge in [-0.3, -0.25) is 0 Å². The van der Waals surface area contributed by atoms with E-state index in [1.165, 1.54) is 76.2 Å². The van der Waals surface area contributed by atoms with Gasteiger partial charge in [-0.25, -0.2) is 0 Å². The first-order valence-corrected chi connectivity index (χ1v) is 11.1. The zero-order valence-electron chi connectivity index (χ0n) is 17.2. The van der Waals surface area contributed by atoms with Gasteiger partial charge < -0.3 is 0 Å². The van der Waals surface area contributed by atoms with Crippen LogP contribution in [-0.4, -0.2) is 5.38 Å². The average molecular weight is 365 g/mol. The molecule has 0 radical (unpaired) electrons. The lowest BCUT2D eigenvalue weighted by Crippen LogP contribution is -2.26. The minimum absolute atomic E-state index is 0.353. The Morgan fingerprint density at radius 3 is 1.84 bits per heavy atom. The van der Waals surface area contributed by atoms with Crippen molar-refractivity contribution < 1.29 is 0 Å². The summed E-state index contributed by atoms with van der Waals surface area (Å²) in [6.07, 6.45) is 14.8. The molecule has 0 aliphatic rings. The van der Waals surface area contributed by atoms with Crippen molar-refractivity contribution in [2.45, 2.75) is 104 Å². The molecule has 0 aliphatic heterocycles. The van der Waals surface area contributed by atoms with Gasteiger partial charge in [0.15, 0.2) is 0 Å². The Morgan fingerprint density at radius 2 is 1.32 bits per heavy atom. The number of alkyl halides is 1. The van der Waals surface area contributed by atoms with Crippen molar-refractivity contribution in [2.75, 3.05) is 0 Å². The second-order valence-corrected chi connectivity index (χ2v) is 9.36. The first kappa shape index (κ1) is 22.6. The number of benzene rings is 1. The predicted octanol–water partition coefficient (Wildman–Crippen LogP) is 8.42. The van der Waals surface area contributed by atoms with Crippen molar-refractivity contribution in [3.63, 3.8) is 0 Å². The van der Waals surface area contributed by atoms with Crippen molar-refractivity contribution in [3.8, 4) is 0 Å². The molecule has 0 saturated carbocycles. The van der Waals surface area contributed by atoms with Crippen LogP contribution >= 0.6 is 11.6 Å². The summed E-state index contributed by atoms with van der Waals surface area (Å²) in [5.74, 6) is 0.733. The van der Waals surface area contributed by atoms with Crippen molar-refractivity contribution in [1.82, 2.24) is 0 Å². The van der Waals surface area contributed by atoms with Crippen LogP contribution in [0, 0.1) is 11.3 Å². The zero-order chi connectivity index (χ0) is 18.5.